The van der Waals surface area contributed by atoms with E-state index in [0.717, 1.165) is 22.3 Å². The van der Waals surface area contributed by atoms with E-state index in [2.05, 4.69) is 15.5 Å². The Hall–Kier alpha value is -2.02. The van der Waals surface area contributed by atoms with Gasteiger partial charge in [0, 0.05) is 13.6 Å². The highest BCUT2D eigenvalue weighted by atomic mass is 32.2. The number of methoxy groups -OCH3 is 1. The lowest BCUT2D eigenvalue weighted by molar-refractivity contribution is -0.119. The van der Waals surface area contributed by atoms with Crippen molar-refractivity contribution >= 4 is 17.7 Å². The molecule has 118 valence electrons. The fraction of sp³-hybridized carbons (Fsp3) is 0.400. The zero-order valence-electron chi connectivity index (χ0n) is 13.2. The third-order valence-electron chi connectivity index (χ3n) is 3.28. The molecular formula is C15H20N4O2S. The minimum atomic E-state index is -0.231. The van der Waals surface area contributed by atoms with Gasteiger partial charge in [-0.05, 0) is 26.0 Å². The third kappa shape index (κ3) is 3.24. The first-order valence-electron chi connectivity index (χ1n) is 7.07. The number of nitrogens with one attached hydrogen (secondary N) is 1. The topological polar surface area (TPSA) is 69.0 Å². The lowest BCUT2D eigenvalue weighted by Gasteiger charge is -2.12. The Balaban J connectivity index is 2.37. The molecule has 2 aromatic rings. The minimum Gasteiger partial charge on any atom is -0.496 e. The van der Waals surface area contributed by atoms with Crippen molar-refractivity contribution in [2.45, 2.75) is 30.8 Å². The number of para-hydroxylation sites is 1. The molecule has 1 N–H and O–H groups in total. The van der Waals surface area contributed by atoms with Crippen LogP contribution >= 0.6 is 11.8 Å². The van der Waals surface area contributed by atoms with E-state index in [1.54, 1.807) is 14.2 Å². The van der Waals surface area contributed by atoms with Crippen molar-refractivity contribution in [3.63, 3.8) is 0 Å². The number of thioether (sulfide) groups is 1. The number of hydrogen-bond donors (Lipinski definition) is 1. The van der Waals surface area contributed by atoms with Crippen molar-refractivity contribution < 1.29 is 9.53 Å². The summed E-state index contributed by atoms with van der Waals surface area (Å²) >= 11 is 1.39. The molecule has 1 amide bonds. The van der Waals surface area contributed by atoms with Gasteiger partial charge in [-0.15, -0.1) is 10.2 Å². The van der Waals surface area contributed by atoms with Crippen molar-refractivity contribution in [1.82, 2.24) is 20.1 Å². The average molecular weight is 320 g/mol. The zero-order valence-corrected chi connectivity index (χ0v) is 14.0. The Morgan fingerprint density at radius 1 is 1.41 bits per heavy atom. The monoisotopic (exact) mass is 320 g/mol. The fourth-order valence-electron chi connectivity index (χ4n) is 2.10. The second-order valence-electron chi connectivity index (χ2n) is 4.63. The maximum Gasteiger partial charge on any atom is 0.233 e. The average Bonchev–Trinajstić information content (AvgIpc) is 2.96. The van der Waals surface area contributed by atoms with Gasteiger partial charge < -0.3 is 14.6 Å². The lowest BCUT2D eigenvalue weighted by atomic mass is 10.2. The number of aromatic nitrogens is 3. The van der Waals surface area contributed by atoms with Gasteiger partial charge in [0.2, 0.25) is 5.91 Å². The van der Waals surface area contributed by atoms with E-state index in [9.17, 15) is 4.79 Å². The number of rotatable bonds is 6. The van der Waals surface area contributed by atoms with Gasteiger partial charge in [0.25, 0.3) is 0 Å². The molecule has 1 heterocycles. The van der Waals surface area contributed by atoms with E-state index in [1.165, 1.54) is 11.8 Å². The summed E-state index contributed by atoms with van der Waals surface area (Å²) in [6.45, 7) is 4.58. The molecule has 22 heavy (non-hydrogen) atoms. The van der Waals surface area contributed by atoms with Gasteiger partial charge in [-0.25, -0.2) is 0 Å². The Labute approximate surface area is 134 Å². The molecule has 0 fully saturated rings. The second kappa shape index (κ2) is 7.31. The van der Waals surface area contributed by atoms with Crippen LogP contribution in [0.1, 0.15) is 13.8 Å². The van der Waals surface area contributed by atoms with E-state index >= 15 is 0 Å². The Morgan fingerprint density at radius 2 is 2.14 bits per heavy atom. The number of hydrogen-bond acceptors (Lipinski definition) is 5. The summed E-state index contributed by atoms with van der Waals surface area (Å²) in [5.41, 5.74) is 0.888. The highest BCUT2D eigenvalue weighted by molar-refractivity contribution is 8.00. The molecule has 1 atom stereocenters. The molecule has 7 heteroatoms. The normalized spacial score (nSPS) is 12.0. The van der Waals surface area contributed by atoms with E-state index in [-0.39, 0.29) is 11.2 Å². The molecule has 0 saturated carbocycles. The molecule has 1 unspecified atom stereocenters. The molecule has 6 nitrogen and oxygen atoms in total. The van der Waals surface area contributed by atoms with E-state index in [4.69, 9.17) is 4.74 Å². The maximum absolute atomic E-state index is 11.7. The van der Waals surface area contributed by atoms with Gasteiger partial charge in [0.05, 0.1) is 17.9 Å². The van der Waals surface area contributed by atoms with Crippen LogP contribution in [0.15, 0.2) is 29.4 Å². The van der Waals surface area contributed by atoms with Gasteiger partial charge in [-0.2, -0.15) is 0 Å². The summed E-state index contributed by atoms with van der Waals surface area (Å²) in [5.74, 6) is 1.46. The molecule has 0 bridgehead atoms. The minimum absolute atomic E-state index is 0.0329. The summed E-state index contributed by atoms with van der Waals surface area (Å²) in [7, 11) is 3.26. The van der Waals surface area contributed by atoms with Crippen LogP contribution in [0, 0.1) is 0 Å². The summed E-state index contributed by atoms with van der Waals surface area (Å²) in [4.78, 5) is 11.7. The van der Waals surface area contributed by atoms with Gasteiger partial charge in [0.1, 0.15) is 5.75 Å². The van der Waals surface area contributed by atoms with Gasteiger partial charge in [0.15, 0.2) is 11.0 Å². The lowest BCUT2D eigenvalue weighted by Crippen LogP contribution is -2.27. The number of carbonyl (C=O) groups excluding carboxylic acids is 1. The van der Waals surface area contributed by atoms with Gasteiger partial charge in [-0.1, -0.05) is 23.9 Å². The van der Waals surface area contributed by atoms with Crippen LogP contribution < -0.4 is 10.1 Å². The van der Waals surface area contributed by atoms with Crippen LogP contribution in [0.3, 0.4) is 0 Å². The Kier molecular flexibility index (Phi) is 5.43. The standard InChI is InChI=1S/C15H20N4O2S/c1-5-19-13(11-8-6-7-9-12(11)21-4)17-18-15(19)22-10(2)14(20)16-3/h6-10H,5H2,1-4H3,(H,16,20). The Morgan fingerprint density at radius 3 is 2.77 bits per heavy atom. The first-order chi connectivity index (χ1) is 10.6. The van der Waals surface area contributed by atoms with Crippen LogP contribution in [0.4, 0.5) is 0 Å². The van der Waals surface area contributed by atoms with Crippen LogP contribution in [-0.4, -0.2) is 40.1 Å². The predicted molar refractivity (Wildman–Crippen MR) is 87.1 cm³/mol. The summed E-state index contributed by atoms with van der Waals surface area (Å²) in [6, 6.07) is 7.69. The van der Waals surface area contributed by atoms with Crippen LogP contribution in [0.2, 0.25) is 0 Å². The Bertz CT molecular complexity index is 657. The van der Waals surface area contributed by atoms with Gasteiger partial charge in [-0.3, -0.25) is 4.79 Å². The molecular weight excluding hydrogens is 300 g/mol. The molecule has 0 spiro atoms. The summed E-state index contributed by atoms with van der Waals surface area (Å²) < 4.78 is 7.38. The van der Waals surface area contributed by atoms with Crippen LogP contribution in [0.25, 0.3) is 11.4 Å². The molecule has 1 aromatic carbocycles. The maximum atomic E-state index is 11.7. The van der Waals surface area contributed by atoms with E-state index in [1.807, 2.05) is 42.7 Å². The fourth-order valence-corrected chi connectivity index (χ4v) is 3.08. The molecule has 0 aliphatic carbocycles. The van der Waals surface area contributed by atoms with Crippen molar-refractivity contribution in [1.29, 1.82) is 0 Å². The number of ether oxygens (including phenoxy) is 1. The molecule has 0 aliphatic heterocycles. The number of benzene rings is 1. The molecule has 0 aliphatic rings. The van der Waals surface area contributed by atoms with Crippen LogP contribution in [0.5, 0.6) is 5.75 Å². The van der Waals surface area contributed by atoms with E-state index < -0.39 is 0 Å². The molecule has 0 radical (unpaired) electrons. The number of nitrogens with zero attached hydrogens (tertiary/aromatic N) is 3. The summed E-state index contributed by atoms with van der Waals surface area (Å²) in [5, 5.41) is 11.7. The smallest absolute Gasteiger partial charge is 0.233 e. The summed E-state index contributed by atoms with van der Waals surface area (Å²) in [6.07, 6.45) is 0. The highest BCUT2D eigenvalue weighted by Crippen LogP contribution is 2.31. The SMILES string of the molecule is CCn1c(SC(C)C(=O)NC)nnc1-c1ccccc1OC. The zero-order chi connectivity index (χ0) is 16.1. The first-order valence-corrected chi connectivity index (χ1v) is 7.95. The molecule has 1 aromatic heterocycles. The molecule has 0 saturated heterocycles. The quantitative estimate of drug-likeness (QED) is 0.826. The van der Waals surface area contributed by atoms with E-state index in [0.29, 0.717) is 6.54 Å². The highest BCUT2D eigenvalue weighted by Gasteiger charge is 2.20. The van der Waals surface area contributed by atoms with Crippen molar-refractivity contribution in [2.24, 2.45) is 0 Å². The van der Waals surface area contributed by atoms with Crippen molar-refractivity contribution in [2.75, 3.05) is 14.2 Å². The van der Waals surface area contributed by atoms with Gasteiger partial charge >= 0.3 is 0 Å². The van der Waals surface area contributed by atoms with Crippen molar-refractivity contribution in [3.05, 3.63) is 24.3 Å². The van der Waals surface area contributed by atoms with Crippen molar-refractivity contribution in [3.8, 4) is 17.1 Å². The second-order valence-corrected chi connectivity index (χ2v) is 5.93. The number of carbonyl (C=O) groups is 1. The first kappa shape index (κ1) is 16.4. The molecule has 2 rings (SSSR count). The third-order valence-corrected chi connectivity index (χ3v) is 4.36. The largest absolute Gasteiger partial charge is 0.496 e. The number of amides is 1. The predicted octanol–water partition coefficient (Wildman–Crippen LogP) is 2.20. The van der Waals surface area contributed by atoms with Crippen LogP contribution in [-0.2, 0) is 11.3 Å².